The Hall–Kier alpha value is -0.0400. The Morgan fingerprint density at radius 2 is 1.73 bits per heavy atom. The predicted octanol–water partition coefficient (Wildman–Crippen LogP) is 3.75. The highest BCUT2D eigenvalue weighted by molar-refractivity contribution is 4.85. The zero-order valence-corrected chi connectivity index (χ0v) is 10.1. The molecule has 2 aliphatic carbocycles. The van der Waals surface area contributed by atoms with Crippen LogP contribution in [0.25, 0.3) is 0 Å². The standard InChI is InChI=1S/C14H26O/c1-2-11-8-9-14(15)13(10-11)12-6-4-3-5-7-12/h11-15H,2-10H2,1H3. The molecule has 2 saturated carbocycles. The van der Waals surface area contributed by atoms with Gasteiger partial charge < -0.3 is 5.11 Å². The summed E-state index contributed by atoms with van der Waals surface area (Å²) in [6.07, 6.45) is 12.0. The average molecular weight is 210 g/mol. The van der Waals surface area contributed by atoms with Crippen LogP contribution in [0.5, 0.6) is 0 Å². The Kier molecular flexibility index (Phi) is 4.07. The van der Waals surface area contributed by atoms with E-state index in [4.69, 9.17) is 0 Å². The summed E-state index contributed by atoms with van der Waals surface area (Å²) in [4.78, 5) is 0. The average Bonchev–Trinajstić information content (AvgIpc) is 2.31. The van der Waals surface area contributed by atoms with E-state index in [2.05, 4.69) is 6.92 Å². The van der Waals surface area contributed by atoms with E-state index in [1.54, 1.807) is 0 Å². The summed E-state index contributed by atoms with van der Waals surface area (Å²) in [5.41, 5.74) is 0. The number of aliphatic hydroxyl groups is 1. The van der Waals surface area contributed by atoms with Crippen molar-refractivity contribution in [2.75, 3.05) is 0 Å². The SMILES string of the molecule is CCC1CCC(O)C(C2CCCCC2)C1. The van der Waals surface area contributed by atoms with Gasteiger partial charge in [0.25, 0.3) is 0 Å². The molecule has 2 fully saturated rings. The first-order chi connectivity index (χ1) is 7.31. The van der Waals surface area contributed by atoms with Crippen molar-refractivity contribution < 1.29 is 5.11 Å². The smallest absolute Gasteiger partial charge is 0.0571 e. The Morgan fingerprint density at radius 3 is 2.40 bits per heavy atom. The van der Waals surface area contributed by atoms with Crippen LogP contribution in [-0.2, 0) is 0 Å². The van der Waals surface area contributed by atoms with Crippen LogP contribution in [0.4, 0.5) is 0 Å². The molecule has 88 valence electrons. The van der Waals surface area contributed by atoms with Crippen LogP contribution in [0.2, 0.25) is 0 Å². The molecule has 0 spiro atoms. The Balaban J connectivity index is 1.92. The van der Waals surface area contributed by atoms with Crippen molar-refractivity contribution in [3.63, 3.8) is 0 Å². The number of hydrogen-bond acceptors (Lipinski definition) is 1. The molecule has 1 N–H and O–H groups in total. The fourth-order valence-corrected chi connectivity index (χ4v) is 3.72. The van der Waals surface area contributed by atoms with Gasteiger partial charge in [-0.1, -0.05) is 45.4 Å². The van der Waals surface area contributed by atoms with Crippen molar-refractivity contribution in [1.29, 1.82) is 0 Å². The van der Waals surface area contributed by atoms with Crippen LogP contribution in [0.3, 0.4) is 0 Å². The minimum atomic E-state index is 0.0240. The van der Waals surface area contributed by atoms with Crippen molar-refractivity contribution in [2.24, 2.45) is 17.8 Å². The molecular formula is C14H26O. The van der Waals surface area contributed by atoms with E-state index in [9.17, 15) is 5.11 Å². The number of hydrogen-bond donors (Lipinski definition) is 1. The summed E-state index contributed by atoms with van der Waals surface area (Å²) in [5, 5.41) is 10.1. The van der Waals surface area contributed by atoms with E-state index in [0.29, 0.717) is 5.92 Å². The topological polar surface area (TPSA) is 20.2 Å². The van der Waals surface area contributed by atoms with Crippen LogP contribution in [0.1, 0.15) is 64.7 Å². The lowest BCUT2D eigenvalue weighted by Gasteiger charge is -2.39. The predicted molar refractivity (Wildman–Crippen MR) is 63.7 cm³/mol. The van der Waals surface area contributed by atoms with Crippen molar-refractivity contribution in [3.8, 4) is 0 Å². The third-order valence-corrected chi connectivity index (χ3v) is 4.80. The largest absolute Gasteiger partial charge is 0.393 e. The molecule has 0 radical (unpaired) electrons. The highest BCUT2D eigenvalue weighted by atomic mass is 16.3. The highest BCUT2D eigenvalue weighted by Gasteiger charge is 2.34. The second-order valence-electron chi connectivity index (χ2n) is 5.72. The zero-order chi connectivity index (χ0) is 10.7. The lowest BCUT2D eigenvalue weighted by Crippen LogP contribution is -2.35. The Labute approximate surface area is 94.3 Å². The van der Waals surface area contributed by atoms with Gasteiger partial charge in [0.15, 0.2) is 0 Å². The van der Waals surface area contributed by atoms with Gasteiger partial charge in [0, 0.05) is 0 Å². The van der Waals surface area contributed by atoms with Gasteiger partial charge in [-0.15, -0.1) is 0 Å². The minimum absolute atomic E-state index is 0.0240. The van der Waals surface area contributed by atoms with Crippen molar-refractivity contribution in [1.82, 2.24) is 0 Å². The normalized spacial score (nSPS) is 39.2. The van der Waals surface area contributed by atoms with Gasteiger partial charge in [0.2, 0.25) is 0 Å². The van der Waals surface area contributed by atoms with Crippen molar-refractivity contribution >= 4 is 0 Å². The maximum absolute atomic E-state index is 10.1. The van der Waals surface area contributed by atoms with Gasteiger partial charge in [0.1, 0.15) is 0 Å². The zero-order valence-electron chi connectivity index (χ0n) is 10.1. The van der Waals surface area contributed by atoms with Gasteiger partial charge in [-0.25, -0.2) is 0 Å². The van der Waals surface area contributed by atoms with E-state index in [1.807, 2.05) is 0 Å². The quantitative estimate of drug-likeness (QED) is 0.736. The molecule has 1 nitrogen and oxygen atoms in total. The molecule has 0 amide bonds. The molecule has 0 aromatic heterocycles. The summed E-state index contributed by atoms with van der Waals surface area (Å²) in [6, 6.07) is 0. The molecule has 15 heavy (non-hydrogen) atoms. The molecular weight excluding hydrogens is 184 g/mol. The second kappa shape index (κ2) is 5.34. The summed E-state index contributed by atoms with van der Waals surface area (Å²) in [6.45, 7) is 2.31. The number of aliphatic hydroxyl groups excluding tert-OH is 1. The fourth-order valence-electron chi connectivity index (χ4n) is 3.72. The van der Waals surface area contributed by atoms with Crippen molar-refractivity contribution in [3.05, 3.63) is 0 Å². The van der Waals surface area contributed by atoms with Crippen LogP contribution >= 0.6 is 0 Å². The lowest BCUT2D eigenvalue weighted by molar-refractivity contribution is 0.00617. The first kappa shape index (κ1) is 11.4. The van der Waals surface area contributed by atoms with Gasteiger partial charge in [0.05, 0.1) is 6.10 Å². The number of rotatable bonds is 2. The first-order valence-electron chi connectivity index (χ1n) is 6.99. The third kappa shape index (κ3) is 2.75. The molecule has 0 saturated heterocycles. The summed E-state index contributed by atoms with van der Waals surface area (Å²) in [5.74, 6) is 2.40. The monoisotopic (exact) mass is 210 g/mol. The fraction of sp³-hybridized carbons (Fsp3) is 1.00. The minimum Gasteiger partial charge on any atom is -0.393 e. The van der Waals surface area contributed by atoms with E-state index in [0.717, 1.165) is 18.3 Å². The van der Waals surface area contributed by atoms with Gasteiger partial charge in [-0.05, 0) is 37.0 Å². The summed E-state index contributed by atoms with van der Waals surface area (Å²) >= 11 is 0. The summed E-state index contributed by atoms with van der Waals surface area (Å²) in [7, 11) is 0. The van der Waals surface area contributed by atoms with Crippen LogP contribution in [-0.4, -0.2) is 11.2 Å². The second-order valence-corrected chi connectivity index (χ2v) is 5.72. The third-order valence-electron chi connectivity index (χ3n) is 4.80. The molecule has 2 rings (SSSR count). The van der Waals surface area contributed by atoms with E-state index in [1.165, 1.54) is 51.4 Å². The molecule has 0 aromatic carbocycles. The lowest BCUT2D eigenvalue weighted by atomic mass is 9.68. The van der Waals surface area contributed by atoms with Crippen LogP contribution < -0.4 is 0 Å². The molecule has 0 aromatic rings. The van der Waals surface area contributed by atoms with Crippen molar-refractivity contribution in [2.45, 2.75) is 70.8 Å². The molecule has 0 bridgehead atoms. The van der Waals surface area contributed by atoms with Gasteiger partial charge in [-0.3, -0.25) is 0 Å². The molecule has 0 heterocycles. The molecule has 3 atom stereocenters. The molecule has 3 unspecified atom stereocenters. The van der Waals surface area contributed by atoms with Gasteiger partial charge >= 0.3 is 0 Å². The maximum atomic E-state index is 10.1. The van der Waals surface area contributed by atoms with E-state index >= 15 is 0 Å². The van der Waals surface area contributed by atoms with Crippen LogP contribution in [0.15, 0.2) is 0 Å². The molecule has 0 aliphatic heterocycles. The molecule has 2 aliphatic rings. The Bertz CT molecular complexity index is 184. The maximum Gasteiger partial charge on any atom is 0.0571 e. The molecule has 1 heteroatoms. The Morgan fingerprint density at radius 1 is 1.00 bits per heavy atom. The van der Waals surface area contributed by atoms with Crippen LogP contribution in [0, 0.1) is 17.8 Å². The van der Waals surface area contributed by atoms with E-state index < -0.39 is 0 Å². The highest BCUT2D eigenvalue weighted by Crippen LogP contribution is 2.41. The summed E-state index contributed by atoms with van der Waals surface area (Å²) < 4.78 is 0. The van der Waals surface area contributed by atoms with E-state index in [-0.39, 0.29) is 6.10 Å². The van der Waals surface area contributed by atoms with Gasteiger partial charge in [-0.2, -0.15) is 0 Å². The first-order valence-corrected chi connectivity index (χ1v) is 6.99.